The van der Waals surface area contributed by atoms with Crippen LogP contribution in [0.5, 0.6) is 0 Å². The van der Waals surface area contributed by atoms with Gasteiger partial charge in [0.2, 0.25) is 11.8 Å². The van der Waals surface area contributed by atoms with Crippen LogP contribution in [0.2, 0.25) is 10.0 Å². The Balaban J connectivity index is 0.000000191. The van der Waals surface area contributed by atoms with Gasteiger partial charge in [-0.1, -0.05) is 78.6 Å². The first-order valence-corrected chi connectivity index (χ1v) is 16.3. The van der Waals surface area contributed by atoms with Gasteiger partial charge in [-0.05, 0) is 68.4 Å². The predicted molar refractivity (Wildman–Crippen MR) is 178 cm³/mol. The van der Waals surface area contributed by atoms with Gasteiger partial charge in [-0.3, -0.25) is 19.2 Å². The number of unbranched alkanes of at least 4 members (excludes halogenated alkanes) is 3. The fourth-order valence-electron chi connectivity index (χ4n) is 4.77. The van der Waals surface area contributed by atoms with E-state index < -0.39 is 11.9 Å². The lowest BCUT2D eigenvalue weighted by molar-refractivity contribution is -0.142. The molecule has 0 spiro atoms. The summed E-state index contributed by atoms with van der Waals surface area (Å²) in [5, 5.41) is 3.83. The van der Waals surface area contributed by atoms with Gasteiger partial charge in [-0.25, -0.2) is 0 Å². The first-order chi connectivity index (χ1) is 21.1. The number of aromatic nitrogens is 1. The minimum atomic E-state index is -0.488. The number of H-pyrrole nitrogens is 1. The third-order valence-corrected chi connectivity index (χ3v) is 8.90. The molecule has 4 N–H and O–H groups in total. The highest BCUT2D eigenvalue weighted by molar-refractivity contribution is 7.16. The number of thiazole rings is 1. The number of hydrogen-bond acceptors (Lipinski definition) is 7. The first-order valence-electron chi connectivity index (χ1n) is 14.7. The maximum atomic E-state index is 12.1. The molecule has 1 aliphatic carbocycles. The van der Waals surface area contributed by atoms with Gasteiger partial charge in [0.15, 0.2) is 0 Å². The number of esters is 1. The third kappa shape index (κ3) is 11.0. The lowest BCUT2D eigenvalue weighted by Gasteiger charge is -2.22. The van der Waals surface area contributed by atoms with Crippen LogP contribution < -0.4 is 15.9 Å². The summed E-state index contributed by atoms with van der Waals surface area (Å²) in [6, 6.07) is 12.2. The minimum Gasteiger partial charge on any atom is -0.469 e. The zero-order valence-electron chi connectivity index (χ0n) is 25.0. The zero-order chi connectivity index (χ0) is 32.1. The minimum absolute atomic E-state index is 0.0150. The van der Waals surface area contributed by atoms with E-state index in [2.05, 4.69) is 34.1 Å². The van der Waals surface area contributed by atoms with Crippen LogP contribution in [0.3, 0.4) is 0 Å². The predicted octanol–water partition coefficient (Wildman–Crippen LogP) is 6.40. The van der Waals surface area contributed by atoms with Gasteiger partial charge in [0, 0.05) is 12.2 Å². The number of benzene rings is 2. The van der Waals surface area contributed by atoms with Crippen molar-refractivity contribution in [2.75, 3.05) is 25.5 Å². The highest BCUT2D eigenvalue weighted by Gasteiger charge is 2.41. The van der Waals surface area contributed by atoms with Crippen LogP contribution >= 0.6 is 34.5 Å². The van der Waals surface area contributed by atoms with Crippen LogP contribution in [-0.4, -0.2) is 53.9 Å². The number of carbonyl (C=O) groups is 3. The molecule has 2 aromatic carbocycles. The van der Waals surface area contributed by atoms with E-state index >= 15 is 0 Å². The van der Waals surface area contributed by atoms with Crippen LogP contribution in [0.4, 0.5) is 5.69 Å². The van der Waals surface area contributed by atoms with Gasteiger partial charge in [-0.15, -0.1) is 0 Å². The summed E-state index contributed by atoms with van der Waals surface area (Å²) < 4.78 is 5.70. The smallest absolute Gasteiger partial charge is 0.309 e. The molecule has 0 radical (unpaired) electrons. The molecule has 2 aliphatic rings. The van der Waals surface area contributed by atoms with Gasteiger partial charge in [-0.2, -0.15) is 0 Å². The molecule has 3 atom stereocenters. The Bertz CT molecular complexity index is 1450. The maximum absolute atomic E-state index is 12.1. The number of carbonyl (C=O) groups excluding carboxylic acids is 3. The molecule has 1 saturated heterocycles. The number of halogens is 2. The maximum Gasteiger partial charge on any atom is 0.309 e. The Kier molecular flexibility index (Phi) is 14.2. The number of amides is 2. The Morgan fingerprint density at radius 2 is 1.93 bits per heavy atom. The Morgan fingerprint density at radius 3 is 2.61 bits per heavy atom. The molecule has 1 aliphatic heterocycles. The number of ether oxygens (including phenoxy) is 1. The van der Waals surface area contributed by atoms with Gasteiger partial charge in [0.1, 0.15) is 6.04 Å². The summed E-state index contributed by atoms with van der Waals surface area (Å²) >= 11 is 12.9. The van der Waals surface area contributed by atoms with Crippen LogP contribution in [-0.2, 0) is 19.1 Å². The number of aromatic amines is 1. The second-order valence-corrected chi connectivity index (χ2v) is 12.4. The Hall–Kier alpha value is -3.34. The molecule has 1 saturated carbocycles. The van der Waals surface area contributed by atoms with Crippen molar-refractivity contribution >= 4 is 68.2 Å². The average Bonchev–Trinajstić information content (AvgIpc) is 3.41. The SMILES string of the molecule is CCCCC/C=C\C1CC1C(=O)OC.NC(=O)C1CCCN1C(=O)CNc1ccc(Cl)c(Cl)c1.O=c1[nH]c2ccccc2s1. The van der Waals surface area contributed by atoms with E-state index in [0.29, 0.717) is 34.6 Å². The lowest BCUT2D eigenvalue weighted by Crippen LogP contribution is -2.45. The topological polar surface area (TPSA) is 135 Å². The fraction of sp³-hybridized carbons (Fsp3) is 0.438. The van der Waals surface area contributed by atoms with Crippen LogP contribution in [0.15, 0.2) is 59.4 Å². The van der Waals surface area contributed by atoms with Crippen molar-refractivity contribution < 1.29 is 19.1 Å². The van der Waals surface area contributed by atoms with Crippen LogP contribution in [0.1, 0.15) is 51.9 Å². The molecule has 12 heteroatoms. The number of para-hydroxylation sites is 1. The number of fused-ring (bicyclic) bond motifs is 1. The molecule has 2 heterocycles. The van der Waals surface area contributed by atoms with E-state index in [4.69, 9.17) is 28.9 Å². The van der Waals surface area contributed by atoms with Crippen LogP contribution in [0, 0.1) is 11.8 Å². The van der Waals surface area contributed by atoms with Crippen molar-refractivity contribution in [2.24, 2.45) is 17.6 Å². The number of likely N-dealkylation sites (tertiary alicyclic amines) is 1. The molecule has 1 aromatic heterocycles. The van der Waals surface area contributed by atoms with E-state index in [0.717, 1.165) is 29.5 Å². The second kappa shape index (κ2) is 17.8. The highest BCUT2D eigenvalue weighted by Crippen LogP contribution is 2.40. The van der Waals surface area contributed by atoms with Gasteiger partial charge in [0.05, 0.1) is 39.8 Å². The number of nitrogens with zero attached hydrogens (tertiary/aromatic N) is 1. The van der Waals surface area contributed by atoms with E-state index in [1.165, 1.54) is 42.6 Å². The van der Waals surface area contributed by atoms with E-state index in [1.54, 1.807) is 18.2 Å². The molecule has 238 valence electrons. The molecule has 3 unspecified atom stereocenters. The fourth-order valence-corrected chi connectivity index (χ4v) is 5.81. The van der Waals surface area contributed by atoms with E-state index in [9.17, 15) is 19.2 Å². The normalized spacial score (nSPS) is 18.6. The molecule has 3 aromatic rings. The Morgan fingerprint density at radius 1 is 1.16 bits per heavy atom. The summed E-state index contributed by atoms with van der Waals surface area (Å²) in [7, 11) is 1.46. The van der Waals surface area contributed by atoms with Gasteiger partial charge in [0.25, 0.3) is 0 Å². The van der Waals surface area contributed by atoms with Gasteiger partial charge < -0.3 is 25.7 Å². The number of methoxy groups -OCH3 is 1. The highest BCUT2D eigenvalue weighted by atomic mass is 35.5. The standard InChI is InChI=1S/C13H15Cl2N3O2.C12H20O2.C7H5NOS/c14-9-4-3-8(6-10(9)15)17-7-12(19)18-5-1-2-11(18)13(16)20;1-3-4-5-6-7-8-10-9-11(10)12(13)14-2;9-7-8-5-3-1-2-4-6(5)10-7/h3-4,6,11,17H,1-2,5,7H2,(H2,16,20);7-8,10-11H,3-6,9H2,1-2H3;1-4H,(H,8,9)/b;8-7-;. The zero-order valence-corrected chi connectivity index (χ0v) is 27.4. The van der Waals surface area contributed by atoms with Gasteiger partial charge >= 0.3 is 10.8 Å². The molecule has 2 fully saturated rings. The average molecular weight is 664 g/mol. The number of nitrogens with one attached hydrogen (secondary N) is 2. The van der Waals surface area contributed by atoms with Crippen molar-refractivity contribution in [3.63, 3.8) is 0 Å². The Labute approximate surface area is 271 Å². The van der Waals surface area contributed by atoms with Crippen LogP contribution in [0.25, 0.3) is 10.2 Å². The molecular formula is C32H40Cl2N4O5S. The number of allylic oxidation sites excluding steroid dienone is 2. The number of hydrogen-bond donors (Lipinski definition) is 3. The summed E-state index contributed by atoms with van der Waals surface area (Å²) in [5.41, 5.74) is 6.91. The number of nitrogens with two attached hydrogens (primary N) is 1. The van der Waals surface area contributed by atoms with Crippen molar-refractivity contribution in [1.82, 2.24) is 9.88 Å². The number of primary amides is 1. The molecular weight excluding hydrogens is 623 g/mol. The van der Waals surface area contributed by atoms with E-state index in [-0.39, 0.29) is 29.2 Å². The second-order valence-electron chi connectivity index (χ2n) is 10.6. The summed E-state index contributed by atoms with van der Waals surface area (Å²) in [6.45, 7) is 2.86. The van der Waals surface area contributed by atoms with Crippen molar-refractivity contribution in [1.29, 1.82) is 0 Å². The third-order valence-electron chi connectivity index (χ3n) is 7.29. The lowest BCUT2D eigenvalue weighted by atomic mass is 10.2. The molecule has 44 heavy (non-hydrogen) atoms. The summed E-state index contributed by atoms with van der Waals surface area (Å²) in [5.74, 6) is -0.0394. The summed E-state index contributed by atoms with van der Waals surface area (Å²) in [4.78, 5) is 49.4. The monoisotopic (exact) mass is 662 g/mol. The van der Waals surface area contributed by atoms with Crippen molar-refractivity contribution in [3.05, 3.63) is 74.3 Å². The molecule has 9 nitrogen and oxygen atoms in total. The first kappa shape index (κ1) is 35.1. The number of anilines is 1. The largest absolute Gasteiger partial charge is 0.469 e. The summed E-state index contributed by atoms with van der Waals surface area (Å²) in [6.07, 6.45) is 11.8. The molecule has 2 amide bonds. The van der Waals surface area contributed by atoms with Crippen molar-refractivity contribution in [3.8, 4) is 0 Å². The van der Waals surface area contributed by atoms with Crippen molar-refractivity contribution in [2.45, 2.75) is 57.9 Å². The quantitative estimate of drug-likeness (QED) is 0.131. The number of rotatable bonds is 10. The van der Waals surface area contributed by atoms with E-state index in [1.807, 2.05) is 24.3 Å². The molecule has 5 rings (SSSR count). The molecule has 0 bridgehead atoms.